The number of hydrogen-bond donors (Lipinski definition) is 2. The minimum Gasteiger partial charge on any atom is -0.507 e. The first-order chi connectivity index (χ1) is 15.8. The summed E-state index contributed by atoms with van der Waals surface area (Å²) in [5.41, 5.74) is 1.34. The van der Waals surface area contributed by atoms with E-state index in [0.717, 1.165) is 19.6 Å². The number of hydrogen-bond acceptors (Lipinski definition) is 7. The molecule has 0 aromatic carbocycles. The number of aromatic amines is 1. The van der Waals surface area contributed by atoms with Crippen molar-refractivity contribution in [3.8, 4) is 0 Å². The van der Waals surface area contributed by atoms with E-state index >= 15 is 0 Å². The first kappa shape index (κ1) is 24.3. The third-order valence-electron chi connectivity index (χ3n) is 6.18. The highest BCUT2D eigenvalue weighted by molar-refractivity contribution is 6.46. The smallest absolute Gasteiger partial charge is 0.354 e. The molecule has 2 N–H and O–H groups in total. The zero-order valence-corrected chi connectivity index (χ0v) is 19.7. The zero-order valence-electron chi connectivity index (χ0n) is 19.7. The molecule has 1 fully saturated rings. The van der Waals surface area contributed by atoms with Gasteiger partial charge in [0.2, 0.25) is 0 Å². The zero-order chi connectivity index (χ0) is 24.3. The molecule has 1 amide bonds. The molecular formula is C24H31N3O6. The second-order valence-corrected chi connectivity index (χ2v) is 8.00. The van der Waals surface area contributed by atoms with Crippen molar-refractivity contribution in [2.45, 2.75) is 40.2 Å². The molecule has 0 aliphatic carbocycles. The Hall–Kier alpha value is -3.33. The fourth-order valence-electron chi connectivity index (χ4n) is 4.40. The predicted molar refractivity (Wildman–Crippen MR) is 122 cm³/mol. The number of carbonyl (C=O) groups is 3. The first-order valence-electron chi connectivity index (χ1n) is 11.1. The first-order valence-corrected chi connectivity index (χ1v) is 11.1. The Morgan fingerprint density at radius 2 is 1.97 bits per heavy atom. The van der Waals surface area contributed by atoms with E-state index in [1.54, 1.807) is 26.0 Å². The summed E-state index contributed by atoms with van der Waals surface area (Å²) in [5.74, 6) is -2.01. The lowest BCUT2D eigenvalue weighted by atomic mass is 9.97. The van der Waals surface area contributed by atoms with E-state index in [1.807, 2.05) is 0 Å². The summed E-state index contributed by atoms with van der Waals surface area (Å²) < 4.78 is 10.4. The van der Waals surface area contributed by atoms with E-state index in [1.165, 1.54) is 18.3 Å². The quantitative estimate of drug-likeness (QED) is 0.257. The van der Waals surface area contributed by atoms with Gasteiger partial charge in [-0.25, -0.2) is 4.79 Å². The van der Waals surface area contributed by atoms with Crippen molar-refractivity contribution in [1.29, 1.82) is 0 Å². The van der Waals surface area contributed by atoms with Crippen LogP contribution in [0.5, 0.6) is 0 Å². The Balaban J connectivity index is 2.06. The van der Waals surface area contributed by atoms with E-state index in [0.29, 0.717) is 35.5 Å². The number of ketones is 1. The number of nitrogens with zero attached hydrogens (tertiary/aromatic N) is 2. The van der Waals surface area contributed by atoms with Crippen molar-refractivity contribution in [1.82, 2.24) is 14.8 Å². The third kappa shape index (κ3) is 4.45. The molecule has 1 aliphatic heterocycles. The lowest BCUT2D eigenvalue weighted by Crippen LogP contribution is -2.33. The van der Waals surface area contributed by atoms with E-state index in [2.05, 4.69) is 23.7 Å². The number of likely N-dealkylation sites (tertiary alicyclic amines) is 1. The molecule has 0 bridgehead atoms. The topological polar surface area (TPSA) is 116 Å². The lowest BCUT2D eigenvalue weighted by molar-refractivity contribution is -0.140. The SMILES string of the molecule is CCN(CC)CCCN1C(=O)C(=O)/C(=C(\O)c2c(C)[nH]c(C(=O)OC)c2C)C1c1ccco1. The van der Waals surface area contributed by atoms with Crippen molar-refractivity contribution in [2.75, 3.05) is 33.3 Å². The number of esters is 1. The minimum absolute atomic E-state index is 0.0561. The molecule has 0 radical (unpaired) electrons. The Morgan fingerprint density at radius 1 is 1.27 bits per heavy atom. The van der Waals surface area contributed by atoms with Crippen molar-refractivity contribution in [3.63, 3.8) is 0 Å². The van der Waals surface area contributed by atoms with E-state index in [9.17, 15) is 19.5 Å². The average molecular weight is 458 g/mol. The summed E-state index contributed by atoms with van der Waals surface area (Å²) in [4.78, 5) is 44.8. The van der Waals surface area contributed by atoms with Crippen LogP contribution >= 0.6 is 0 Å². The summed E-state index contributed by atoms with van der Waals surface area (Å²) in [6.45, 7) is 10.4. The molecule has 3 rings (SSSR count). The molecule has 3 heterocycles. The number of carbonyl (C=O) groups excluding carboxylic acids is 3. The average Bonchev–Trinajstić information content (AvgIpc) is 3.49. The number of methoxy groups -OCH3 is 1. The van der Waals surface area contributed by atoms with Gasteiger partial charge in [-0.1, -0.05) is 13.8 Å². The summed E-state index contributed by atoms with van der Waals surface area (Å²) in [5, 5.41) is 11.3. The van der Waals surface area contributed by atoms with Gasteiger partial charge < -0.3 is 29.0 Å². The second kappa shape index (κ2) is 10.1. The monoisotopic (exact) mass is 457 g/mol. The van der Waals surface area contributed by atoms with Gasteiger partial charge in [-0.15, -0.1) is 0 Å². The highest BCUT2D eigenvalue weighted by Gasteiger charge is 2.47. The third-order valence-corrected chi connectivity index (χ3v) is 6.18. The van der Waals surface area contributed by atoms with Gasteiger partial charge in [0.15, 0.2) is 0 Å². The van der Waals surface area contributed by atoms with Crippen LogP contribution in [-0.4, -0.2) is 70.8 Å². The van der Waals surface area contributed by atoms with Gasteiger partial charge in [0.05, 0.1) is 18.9 Å². The lowest BCUT2D eigenvalue weighted by Gasteiger charge is -2.25. The van der Waals surface area contributed by atoms with Crippen molar-refractivity contribution in [3.05, 3.63) is 52.2 Å². The summed E-state index contributed by atoms with van der Waals surface area (Å²) >= 11 is 0. The fraction of sp³-hybridized carbons (Fsp3) is 0.458. The van der Waals surface area contributed by atoms with Gasteiger partial charge in [0.1, 0.15) is 23.3 Å². The van der Waals surface area contributed by atoms with Gasteiger partial charge in [0.25, 0.3) is 11.7 Å². The minimum atomic E-state index is -0.855. The maximum absolute atomic E-state index is 13.1. The van der Waals surface area contributed by atoms with Gasteiger partial charge in [-0.2, -0.15) is 0 Å². The Morgan fingerprint density at radius 3 is 2.55 bits per heavy atom. The molecule has 178 valence electrons. The Bertz CT molecular complexity index is 1060. The van der Waals surface area contributed by atoms with Crippen molar-refractivity contribution < 1.29 is 28.6 Å². The Labute approximate surface area is 193 Å². The molecule has 1 atom stereocenters. The Kier molecular flexibility index (Phi) is 7.43. The molecule has 1 saturated heterocycles. The van der Waals surface area contributed by atoms with E-state index in [-0.39, 0.29) is 17.0 Å². The van der Waals surface area contributed by atoms with Crippen LogP contribution in [0.25, 0.3) is 5.76 Å². The normalized spacial score (nSPS) is 17.9. The van der Waals surface area contributed by atoms with Gasteiger partial charge in [-0.05, 0) is 57.6 Å². The van der Waals surface area contributed by atoms with Gasteiger partial charge in [-0.3, -0.25) is 9.59 Å². The van der Waals surface area contributed by atoms with Crippen molar-refractivity contribution >= 4 is 23.4 Å². The van der Waals surface area contributed by atoms with Crippen LogP contribution in [-0.2, 0) is 14.3 Å². The van der Waals surface area contributed by atoms with Crippen LogP contribution in [0.2, 0.25) is 0 Å². The molecule has 1 unspecified atom stereocenters. The number of nitrogens with one attached hydrogen (secondary N) is 1. The summed E-state index contributed by atoms with van der Waals surface area (Å²) in [6.07, 6.45) is 2.13. The number of H-pyrrole nitrogens is 1. The molecule has 0 saturated carbocycles. The summed E-state index contributed by atoms with van der Waals surface area (Å²) in [6, 6.07) is 2.50. The molecule has 2 aromatic heterocycles. The standard InChI is InChI=1S/C24H31N3O6/c1-6-26(7-2)11-9-12-27-20(16-10-8-13-33-16)18(22(29)23(27)30)21(28)17-14(3)19(24(31)32-5)25-15(17)4/h8,10,13,20,25,28H,6-7,9,11-12H2,1-5H3/b21-18-. The number of furan rings is 1. The second-order valence-electron chi connectivity index (χ2n) is 8.00. The number of aromatic nitrogens is 1. The van der Waals surface area contributed by atoms with Crippen LogP contribution < -0.4 is 0 Å². The number of aliphatic hydroxyl groups is 1. The van der Waals surface area contributed by atoms with Crippen LogP contribution in [0.1, 0.15) is 59.4 Å². The number of amides is 1. The van der Waals surface area contributed by atoms with Crippen LogP contribution in [0, 0.1) is 13.8 Å². The van der Waals surface area contributed by atoms with Crippen LogP contribution in [0.3, 0.4) is 0 Å². The number of aryl methyl sites for hydroxylation is 1. The molecule has 9 nitrogen and oxygen atoms in total. The number of ether oxygens (including phenoxy) is 1. The maximum Gasteiger partial charge on any atom is 0.354 e. The molecule has 9 heteroatoms. The van der Waals surface area contributed by atoms with Crippen LogP contribution in [0.15, 0.2) is 28.4 Å². The van der Waals surface area contributed by atoms with Crippen molar-refractivity contribution in [2.24, 2.45) is 0 Å². The van der Waals surface area contributed by atoms with Gasteiger partial charge >= 0.3 is 5.97 Å². The van der Waals surface area contributed by atoms with Crippen LogP contribution in [0.4, 0.5) is 0 Å². The number of aliphatic hydroxyl groups excluding tert-OH is 1. The number of rotatable bonds is 9. The molecule has 0 spiro atoms. The molecule has 33 heavy (non-hydrogen) atoms. The largest absolute Gasteiger partial charge is 0.507 e. The molecule has 2 aromatic rings. The highest BCUT2D eigenvalue weighted by Crippen LogP contribution is 2.41. The predicted octanol–water partition coefficient (Wildman–Crippen LogP) is 3.16. The van der Waals surface area contributed by atoms with E-state index < -0.39 is 23.7 Å². The summed E-state index contributed by atoms with van der Waals surface area (Å²) in [7, 11) is 1.26. The molecular weight excluding hydrogens is 426 g/mol. The highest BCUT2D eigenvalue weighted by atomic mass is 16.5. The number of Topliss-reactive ketones (excluding diaryl/α,β-unsaturated/α-hetero) is 1. The fourth-order valence-corrected chi connectivity index (χ4v) is 4.40. The van der Waals surface area contributed by atoms with E-state index in [4.69, 9.17) is 9.15 Å². The maximum atomic E-state index is 13.1. The molecule has 1 aliphatic rings. The van der Waals surface area contributed by atoms with Gasteiger partial charge in [0, 0.05) is 17.8 Å².